The average Bonchev–Trinajstić information content (AvgIpc) is 2.54. The zero-order valence-electron chi connectivity index (χ0n) is 12.5. The molecular weight excluding hydrogens is 317 g/mol. The molecule has 0 spiro atoms. The summed E-state index contributed by atoms with van der Waals surface area (Å²) in [6.07, 6.45) is 3.75. The molecule has 1 fully saturated rings. The van der Waals surface area contributed by atoms with E-state index in [1.807, 2.05) is 24.5 Å². The van der Waals surface area contributed by atoms with E-state index >= 15 is 0 Å². The van der Waals surface area contributed by atoms with E-state index in [1.54, 1.807) is 0 Å². The van der Waals surface area contributed by atoms with Crippen LogP contribution in [0.15, 0.2) is 36.7 Å². The number of aromatic nitrogens is 1. The summed E-state index contributed by atoms with van der Waals surface area (Å²) in [5.41, 5.74) is 3.47. The van der Waals surface area contributed by atoms with Crippen LogP contribution in [0.25, 0.3) is 0 Å². The molecule has 0 radical (unpaired) electrons. The van der Waals surface area contributed by atoms with Gasteiger partial charge in [0.1, 0.15) is 0 Å². The maximum absolute atomic E-state index is 6.52. The summed E-state index contributed by atoms with van der Waals surface area (Å²) in [6, 6.07) is 8.06. The van der Waals surface area contributed by atoms with Crippen molar-refractivity contribution in [2.24, 2.45) is 0 Å². The second-order valence-electron chi connectivity index (χ2n) is 5.56. The van der Waals surface area contributed by atoms with E-state index in [1.165, 1.54) is 11.1 Å². The minimum atomic E-state index is 0.108. The first-order valence-electron chi connectivity index (χ1n) is 7.47. The van der Waals surface area contributed by atoms with E-state index in [9.17, 15) is 0 Å². The first kappa shape index (κ1) is 15.8. The van der Waals surface area contributed by atoms with E-state index < -0.39 is 0 Å². The van der Waals surface area contributed by atoms with Crippen LogP contribution in [0, 0.1) is 6.92 Å². The van der Waals surface area contributed by atoms with Gasteiger partial charge in [0.15, 0.2) is 0 Å². The lowest BCUT2D eigenvalue weighted by molar-refractivity contribution is 0.198. The predicted octanol–water partition coefficient (Wildman–Crippen LogP) is 3.69. The first-order valence-corrected chi connectivity index (χ1v) is 8.23. The van der Waals surface area contributed by atoms with Crippen molar-refractivity contribution in [1.29, 1.82) is 0 Å². The molecule has 1 atom stereocenters. The van der Waals surface area contributed by atoms with Gasteiger partial charge in [-0.1, -0.05) is 35.3 Å². The molecule has 0 saturated carbocycles. The van der Waals surface area contributed by atoms with Crippen molar-refractivity contribution >= 4 is 23.2 Å². The molecule has 2 heterocycles. The summed E-state index contributed by atoms with van der Waals surface area (Å²) in [4.78, 5) is 6.67. The molecule has 3 nitrogen and oxygen atoms in total. The van der Waals surface area contributed by atoms with Gasteiger partial charge in [-0.25, -0.2) is 0 Å². The Morgan fingerprint density at radius 3 is 2.64 bits per heavy atom. The van der Waals surface area contributed by atoms with Crippen molar-refractivity contribution < 1.29 is 0 Å². The molecule has 1 aliphatic rings. The van der Waals surface area contributed by atoms with Crippen LogP contribution in [-0.4, -0.2) is 36.1 Å². The number of halogens is 2. The van der Waals surface area contributed by atoms with Gasteiger partial charge in [0.25, 0.3) is 0 Å². The molecule has 0 bridgehead atoms. The van der Waals surface area contributed by atoms with Crippen LogP contribution >= 0.6 is 23.2 Å². The topological polar surface area (TPSA) is 28.2 Å². The van der Waals surface area contributed by atoms with Crippen molar-refractivity contribution in [2.45, 2.75) is 13.0 Å². The number of rotatable bonds is 3. The normalized spacial score (nSPS) is 17.4. The monoisotopic (exact) mass is 335 g/mol. The van der Waals surface area contributed by atoms with Crippen LogP contribution in [0.1, 0.15) is 22.7 Å². The molecule has 1 unspecified atom stereocenters. The van der Waals surface area contributed by atoms with Gasteiger partial charge in [-0.2, -0.15) is 0 Å². The van der Waals surface area contributed by atoms with Gasteiger partial charge in [0, 0.05) is 38.6 Å². The summed E-state index contributed by atoms with van der Waals surface area (Å²) < 4.78 is 0. The highest BCUT2D eigenvalue weighted by Gasteiger charge is 2.27. The third-order valence-electron chi connectivity index (χ3n) is 4.15. The summed E-state index contributed by atoms with van der Waals surface area (Å²) in [7, 11) is 0. The van der Waals surface area contributed by atoms with Gasteiger partial charge >= 0.3 is 0 Å². The molecule has 1 N–H and O–H groups in total. The van der Waals surface area contributed by atoms with Crippen molar-refractivity contribution in [3.05, 3.63) is 63.4 Å². The van der Waals surface area contributed by atoms with Crippen molar-refractivity contribution in [1.82, 2.24) is 15.2 Å². The molecule has 1 aromatic heterocycles. The molecule has 5 heteroatoms. The van der Waals surface area contributed by atoms with E-state index in [2.05, 4.69) is 34.3 Å². The highest BCUT2D eigenvalue weighted by molar-refractivity contribution is 6.42. The number of benzene rings is 1. The van der Waals surface area contributed by atoms with Crippen molar-refractivity contribution in [3.8, 4) is 0 Å². The van der Waals surface area contributed by atoms with Crippen LogP contribution in [0.3, 0.4) is 0 Å². The zero-order valence-corrected chi connectivity index (χ0v) is 14.0. The van der Waals surface area contributed by atoms with Crippen molar-refractivity contribution in [3.63, 3.8) is 0 Å². The Labute approximate surface area is 141 Å². The fourth-order valence-electron chi connectivity index (χ4n) is 3.02. The fourth-order valence-corrected chi connectivity index (χ4v) is 3.44. The molecular formula is C17H19Cl2N3. The van der Waals surface area contributed by atoms with Crippen LogP contribution < -0.4 is 5.32 Å². The molecule has 1 aromatic carbocycles. The number of aryl methyl sites for hydroxylation is 1. The molecule has 1 saturated heterocycles. The Hall–Kier alpha value is -1.13. The van der Waals surface area contributed by atoms with Gasteiger partial charge in [-0.05, 0) is 35.7 Å². The van der Waals surface area contributed by atoms with Crippen molar-refractivity contribution in [2.75, 3.05) is 26.2 Å². The minimum absolute atomic E-state index is 0.108. The first-order chi connectivity index (χ1) is 10.7. The van der Waals surface area contributed by atoms with E-state index in [0.717, 1.165) is 31.7 Å². The minimum Gasteiger partial charge on any atom is -0.314 e. The van der Waals surface area contributed by atoms with E-state index in [-0.39, 0.29) is 6.04 Å². The van der Waals surface area contributed by atoms with Gasteiger partial charge < -0.3 is 5.32 Å². The summed E-state index contributed by atoms with van der Waals surface area (Å²) >= 11 is 12.8. The average molecular weight is 336 g/mol. The Morgan fingerprint density at radius 1 is 1.14 bits per heavy atom. The SMILES string of the molecule is Cc1cnccc1C(c1cccc(Cl)c1Cl)N1CCNCC1. The molecule has 3 rings (SSSR count). The van der Waals surface area contributed by atoms with E-state index in [0.29, 0.717) is 10.0 Å². The lowest BCUT2D eigenvalue weighted by Crippen LogP contribution is -2.45. The maximum atomic E-state index is 6.52. The quantitative estimate of drug-likeness (QED) is 0.927. The fraction of sp³-hybridized carbons (Fsp3) is 0.353. The van der Waals surface area contributed by atoms with Crippen LogP contribution in [0.5, 0.6) is 0 Å². The summed E-state index contributed by atoms with van der Waals surface area (Å²) in [6.45, 7) is 6.03. The molecule has 2 aromatic rings. The Morgan fingerprint density at radius 2 is 1.91 bits per heavy atom. The van der Waals surface area contributed by atoms with Gasteiger partial charge in [-0.15, -0.1) is 0 Å². The lowest BCUT2D eigenvalue weighted by atomic mass is 9.94. The molecule has 0 amide bonds. The summed E-state index contributed by atoms with van der Waals surface area (Å²) in [5, 5.41) is 4.65. The molecule has 22 heavy (non-hydrogen) atoms. The van der Waals surface area contributed by atoms with Crippen LogP contribution in [-0.2, 0) is 0 Å². The third kappa shape index (κ3) is 3.13. The highest BCUT2D eigenvalue weighted by atomic mass is 35.5. The standard InChI is InChI=1S/C17H19Cl2N3/c1-12-11-21-6-5-13(12)17(22-9-7-20-8-10-22)14-3-2-4-15(18)16(14)19/h2-6,11,17,20H,7-10H2,1H3. The highest BCUT2D eigenvalue weighted by Crippen LogP contribution is 2.37. The maximum Gasteiger partial charge on any atom is 0.0643 e. The largest absolute Gasteiger partial charge is 0.314 e. The van der Waals surface area contributed by atoms with Crippen LogP contribution in [0.2, 0.25) is 10.0 Å². The number of hydrogen-bond acceptors (Lipinski definition) is 3. The lowest BCUT2D eigenvalue weighted by Gasteiger charge is -2.36. The Kier molecular flexibility index (Phi) is 4.99. The van der Waals surface area contributed by atoms with E-state index in [4.69, 9.17) is 23.2 Å². The molecule has 116 valence electrons. The van der Waals surface area contributed by atoms with Gasteiger partial charge in [-0.3, -0.25) is 9.88 Å². The second kappa shape index (κ2) is 6.97. The Balaban J connectivity index is 2.10. The number of nitrogens with one attached hydrogen (secondary N) is 1. The summed E-state index contributed by atoms with van der Waals surface area (Å²) in [5.74, 6) is 0. The predicted molar refractivity (Wildman–Crippen MR) is 91.7 cm³/mol. The van der Waals surface area contributed by atoms with Crippen LogP contribution in [0.4, 0.5) is 0 Å². The molecule has 1 aliphatic heterocycles. The Bertz CT molecular complexity index is 654. The smallest absolute Gasteiger partial charge is 0.0643 e. The number of hydrogen-bond donors (Lipinski definition) is 1. The second-order valence-corrected chi connectivity index (χ2v) is 6.35. The zero-order chi connectivity index (χ0) is 15.5. The molecule has 0 aliphatic carbocycles. The number of pyridine rings is 1. The number of piperazine rings is 1. The number of nitrogens with zero attached hydrogens (tertiary/aromatic N) is 2. The third-order valence-corrected chi connectivity index (χ3v) is 4.98. The van der Waals surface area contributed by atoms with Gasteiger partial charge in [0.05, 0.1) is 16.1 Å². The van der Waals surface area contributed by atoms with Gasteiger partial charge in [0.2, 0.25) is 0 Å².